The van der Waals surface area contributed by atoms with Gasteiger partial charge in [-0.3, -0.25) is 14.4 Å². The van der Waals surface area contributed by atoms with Crippen LogP contribution in [0.4, 0.5) is 5.69 Å². The van der Waals surface area contributed by atoms with Crippen molar-refractivity contribution < 1.29 is 19.5 Å². The highest BCUT2D eigenvalue weighted by Gasteiger charge is 2.09. The third-order valence-corrected chi connectivity index (χ3v) is 4.30. The molecule has 0 aliphatic heterocycles. The number of unbranched alkanes of at least 4 members (excludes halogenated alkanes) is 1. The lowest BCUT2D eigenvalue weighted by molar-refractivity contribution is -0.138. The average Bonchev–Trinajstić information content (AvgIpc) is 2.70. The Morgan fingerprint density at radius 1 is 1.17 bits per heavy atom. The molecular weight excluding hydrogens is 372 g/mol. The first-order valence-corrected chi connectivity index (χ1v) is 10.1. The summed E-state index contributed by atoms with van der Waals surface area (Å²) in [6, 6.07) is 6.49. The highest BCUT2D eigenvalue weighted by atomic mass is 16.4. The maximum Gasteiger partial charge on any atom is 0.320 e. The molecule has 1 atom stereocenters. The summed E-state index contributed by atoms with van der Waals surface area (Å²) >= 11 is 0. The van der Waals surface area contributed by atoms with Crippen LogP contribution in [-0.4, -0.2) is 41.9 Å². The Labute approximate surface area is 173 Å². The van der Waals surface area contributed by atoms with Gasteiger partial charge in [0.2, 0.25) is 5.91 Å². The van der Waals surface area contributed by atoms with Gasteiger partial charge in [-0.15, -0.1) is 0 Å². The third-order valence-electron chi connectivity index (χ3n) is 4.30. The number of amides is 1. The second-order valence-corrected chi connectivity index (χ2v) is 7.05. The first-order valence-electron chi connectivity index (χ1n) is 10.1. The number of anilines is 1. The zero-order valence-electron chi connectivity index (χ0n) is 17.3. The minimum Gasteiger partial charge on any atom is -0.480 e. The summed E-state index contributed by atoms with van der Waals surface area (Å²) in [5.74, 6) is -1.05. The van der Waals surface area contributed by atoms with Crippen LogP contribution in [0, 0.1) is 0 Å². The van der Waals surface area contributed by atoms with Crippen molar-refractivity contribution in [3.8, 4) is 0 Å². The van der Waals surface area contributed by atoms with E-state index in [1.165, 1.54) is 39.0 Å². The molecule has 0 spiro atoms. The molecule has 0 bridgehead atoms. The fraction of sp³-hybridized carbons (Fsp3) is 0.571. The molecule has 1 fully saturated rings. The molecular formula is C21H36N4O4. The molecule has 8 nitrogen and oxygen atoms in total. The summed E-state index contributed by atoms with van der Waals surface area (Å²) in [5, 5.41) is 10.9. The van der Waals surface area contributed by atoms with Gasteiger partial charge in [0.25, 0.3) is 0 Å². The summed E-state index contributed by atoms with van der Waals surface area (Å²) in [4.78, 5) is 31.0. The Balaban J connectivity index is 0.000000419. The number of rotatable bonds is 7. The predicted molar refractivity (Wildman–Crippen MR) is 116 cm³/mol. The van der Waals surface area contributed by atoms with E-state index >= 15 is 0 Å². The van der Waals surface area contributed by atoms with Gasteiger partial charge in [-0.25, -0.2) is 0 Å². The third kappa shape index (κ3) is 15.3. The van der Waals surface area contributed by atoms with Gasteiger partial charge < -0.3 is 27.6 Å². The van der Waals surface area contributed by atoms with E-state index in [9.17, 15) is 14.4 Å². The number of nitrogens with two attached hydrogens (primary N) is 3. The van der Waals surface area contributed by atoms with Crippen LogP contribution in [-0.2, 0) is 9.59 Å². The Hall–Kier alpha value is -2.29. The van der Waals surface area contributed by atoms with E-state index in [2.05, 4.69) is 5.32 Å². The first kappa shape index (κ1) is 26.7. The minimum absolute atomic E-state index is 0.117. The quantitative estimate of drug-likeness (QED) is 0.341. The standard InChI is InChI=1S/C9H9NO2.C6H14N2O2.C6H13N/c1-7(12)10-9-4-2-8(6-11)3-5-9;7-4-2-1-3-5(8)6(9)10;7-6-4-2-1-3-5-6/h2-6H,1H3,(H,10,12);5H,1-4,7-8H2,(H,9,10);6H,1-5,7H2/t;5-;/m.1./s1. The monoisotopic (exact) mass is 408 g/mol. The van der Waals surface area contributed by atoms with Crippen LogP contribution in [0.25, 0.3) is 0 Å². The van der Waals surface area contributed by atoms with Crippen LogP contribution in [0.5, 0.6) is 0 Å². The van der Waals surface area contributed by atoms with Crippen molar-refractivity contribution in [1.82, 2.24) is 0 Å². The Morgan fingerprint density at radius 2 is 1.76 bits per heavy atom. The van der Waals surface area contributed by atoms with Crippen molar-refractivity contribution in [2.24, 2.45) is 17.2 Å². The summed E-state index contributed by atoms with van der Waals surface area (Å²) in [6.45, 7) is 2.04. The maximum absolute atomic E-state index is 10.6. The van der Waals surface area contributed by atoms with Crippen LogP contribution >= 0.6 is 0 Å². The van der Waals surface area contributed by atoms with Gasteiger partial charge in [-0.05, 0) is 56.5 Å². The zero-order valence-corrected chi connectivity index (χ0v) is 17.3. The lowest BCUT2D eigenvalue weighted by Crippen LogP contribution is -2.29. The van der Waals surface area contributed by atoms with Crippen LogP contribution < -0.4 is 22.5 Å². The molecule has 1 saturated carbocycles. The predicted octanol–water partition coefficient (Wildman–Crippen LogP) is 2.26. The number of aldehydes is 1. The molecule has 29 heavy (non-hydrogen) atoms. The fourth-order valence-electron chi connectivity index (χ4n) is 2.61. The lowest BCUT2D eigenvalue weighted by atomic mass is 9.97. The van der Waals surface area contributed by atoms with Crippen LogP contribution in [0.3, 0.4) is 0 Å². The highest BCUT2D eigenvalue weighted by molar-refractivity contribution is 5.89. The first-order chi connectivity index (χ1) is 13.8. The molecule has 0 unspecified atom stereocenters. The number of aliphatic carboxylic acids is 1. The molecule has 1 aliphatic rings. The van der Waals surface area contributed by atoms with Gasteiger partial charge in [0, 0.05) is 24.2 Å². The number of carbonyl (C=O) groups is 3. The molecule has 1 amide bonds. The molecule has 0 aromatic heterocycles. The number of hydrogen-bond donors (Lipinski definition) is 5. The number of nitrogens with one attached hydrogen (secondary N) is 1. The second-order valence-electron chi connectivity index (χ2n) is 7.05. The van der Waals surface area contributed by atoms with Crippen molar-refractivity contribution in [3.63, 3.8) is 0 Å². The molecule has 1 aromatic carbocycles. The van der Waals surface area contributed by atoms with Crippen molar-refractivity contribution in [2.75, 3.05) is 11.9 Å². The Morgan fingerprint density at radius 3 is 2.14 bits per heavy atom. The number of hydrogen-bond acceptors (Lipinski definition) is 6. The fourth-order valence-corrected chi connectivity index (χ4v) is 2.61. The number of carbonyl (C=O) groups excluding carboxylic acids is 2. The molecule has 1 aliphatic carbocycles. The average molecular weight is 409 g/mol. The largest absolute Gasteiger partial charge is 0.480 e. The normalized spacial score (nSPS) is 14.3. The molecule has 1 aromatic rings. The van der Waals surface area contributed by atoms with Gasteiger partial charge in [0.05, 0.1) is 0 Å². The van der Waals surface area contributed by atoms with E-state index in [4.69, 9.17) is 22.3 Å². The maximum atomic E-state index is 10.6. The Kier molecular flexibility index (Phi) is 15.3. The van der Waals surface area contributed by atoms with E-state index in [-0.39, 0.29) is 5.91 Å². The molecule has 8 N–H and O–H groups in total. The molecule has 0 heterocycles. The van der Waals surface area contributed by atoms with Crippen molar-refractivity contribution in [2.45, 2.75) is 70.4 Å². The SMILES string of the molecule is CC(=O)Nc1ccc(C=O)cc1.NC1CCCCC1.NCCCC[C@@H](N)C(=O)O. The van der Waals surface area contributed by atoms with Gasteiger partial charge in [0.1, 0.15) is 12.3 Å². The molecule has 164 valence electrons. The molecule has 2 rings (SSSR count). The van der Waals surface area contributed by atoms with Crippen LogP contribution in [0.1, 0.15) is 68.6 Å². The summed E-state index contributed by atoms with van der Waals surface area (Å²) in [6.07, 6.45) is 9.59. The van der Waals surface area contributed by atoms with Crippen molar-refractivity contribution in [1.29, 1.82) is 0 Å². The van der Waals surface area contributed by atoms with Gasteiger partial charge in [-0.1, -0.05) is 25.7 Å². The van der Waals surface area contributed by atoms with Crippen LogP contribution in [0.2, 0.25) is 0 Å². The van der Waals surface area contributed by atoms with Gasteiger partial charge >= 0.3 is 5.97 Å². The number of carboxylic acid groups (broad SMARTS) is 1. The summed E-state index contributed by atoms with van der Waals surface area (Å²) in [7, 11) is 0. The van der Waals surface area contributed by atoms with E-state index in [1.54, 1.807) is 24.3 Å². The second kappa shape index (κ2) is 16.6. The van der Waals surface area contributed by atoms with Crippen LogP contribution in [0.15, 0.2) is 24.3 Å². The molecule has 0 radical (unpaired) electrons. The lowest BCUT2D eigenvalue weighted by Gasteiger charge is -2.15. The van der Waals surface area contributed by atoms with Gasteiger partial charge in [-0.2, -0.15) is 0 Å². The van der Waals surface area contributed by atoms with Gasteiger partial charge in [0.15, 0.2) is 0 Å². The van der Waals surface area contributed by atoms with E-state index < -0.39 is 12.0 Å². The van der Waals surface area contributed by atoms with Crippen molar-refractivity contribution in [3.05, 3.63) is 29.8 Å². The van der Waals surface area contributed by atoms with E-state index in [1.807, 2.05) is 0 Å². The molecule has 0 saturated heterocycles. The Bertz CT molecular complexity index is 587. The number of carboxylic acids is 1. The smallest absolute Gasteiger partial charge is 0.320 e. The molecule has 8 heteroatoms. The zero-order chi connectivity index (χ0) is 22.1. The van der Waals surface area contributed by atoms with E-state index in [0.717, 1.165) is 19.1 Å². The minimum atomic E-state index is -0.933. The topological polar surface area (TPSA) is 162 Å². The summed E-state index contributed by atoms with van der Waals surface area (Å²) in [5.41, 5.74) is 17.4. The van der Waals surface area contributed by atoms with E-state index in [0.29, 0.717) is 30.3 Å². The highest BCUT2D eigenvalue weighted by Crippen LogP contribution is 2.14. The van der Waals surface area contributed by atoms with Crippen molar-refractivity contribution >= 4 is 23.9 Å². The number of benzene rings is 1. The summed E-state index contributed by atoms with van der Waals surface area (Å²) < 4.78 is 0.